The molecule has 31 heavy (non-hydrogen) atoms. The molecular weight excluding hydrogens is 374 g/mol. The van der Waals surface area contributed by atoms with Crippen LogP contribution in [0, 0.1) is 0 Å². The van der Waals surface area contributed by atoms with E-state index in [0.29, 0.717) is 0 Å². The summed E-state index contributed by atoms with van der Waals surface area (Å²) in [5.41, 5.74) is 13.4. The maximum atomic E-state index is 3.77. The Morgan fingerprint density at radius 1 is 0.516 bits per heavy atom. The van der Waals surface area contributed by atoms with E-state index < -0.39 is 0 Å². The molecule has 4 aromatic carbocycles. The van der Waals surface area contributed by atoms with Crippen LogP contribution < -0.4 is 5.32 Å². The van der Waals surface area contributed by atoms with Crippen molar-refractivity contribution >= 4 is 11.4 Å². The zero-order chi connectivity index (χ0) is 21.4. The molecule has 0 radical (unpaired) electrons. The van der Waals surface area contributed by atoms with Crippen LogP contribution in [-0.4, -0.2) is 0 Å². The van der Waals surface area contributed by atoms with Gasteiger partial charge in [0, 0.05) is 27.8 Å². The number of benzene rings is 4. The van der Waals surface area contributed by atoms with E-state index in [4.69, 9.17) is 0 Å². The van der Waals surface area contributed by atoms with Crippen LogP contribution in [0.1, 0.15) is 49.9 Å². The monoisotopic (exact) mass is 401 g/mol. The highest BCUT2D eigenvalue weighted by Crippen LogP contribution is 2.52. The van der Waals surface area contributed by atoms with Gasteiger partial charge in [-0.3, -0.25) is 0 Å². The standard InChI is InChI=1S/C30H27N/c1-29(2)23-12-7-5-10-20(23)22-18-19(16-17-25(22)29)31-27-15-9-14-26-28(27)21-11-6-8-13-24(21)30(26,3)4/h5-18,31H,1-4H3. The summed E-state index contributed by atoms with van der Waals surface area (Å²) in [4.78, 5) is 0. The average molecular weight is 402 g/mol. The van der Waals surface area contributed by atoms with Crippen molar-refractivity contribution in [2.24, 2.45) is 0 Å². The highest BCUT2D eigenvalue weighted by molar-refractivity contribution is 5.92. The Bertz CT molecular complexity index is 1360. The van der Waals surface area contributed by atoms with Crippen LogP contribution in [0.2, 0.25) is 0 Å². The molecule has 0 amide bonds. The molecule has 0 spiro atoms. The average Bonchev–Trinajstić information content (AvgIpc) is 3.15. The van der Waals surface area contributed by atoms with E-state index in [1.54, 1.807) is 0 Å². The molecule has 0 atom stereocenters. The molecular formula is C30H27N. The van der Waals surface area contributed by atoms with Gasteiger partial charge in [0.1, 0.15) is 0 Å². The number of hydrogen-bond acceptors (Lipinski definition) is 1. The first-order valence-corrected chi connectivity index (χ1v) is 11.1. The fourth-order valence-electron chi connectivity index (χ4n) is 5.81. The van der Waals surface area contributed by atoms with Gasteiger partial charge in [-0.1, -0.05) is 94.4 Å². The van der Waals surface area contributed by atoms with Gasteiger partial charge in [0.05, 0.1) is 0 Å². The normalized spacial score (nSPS) is 16.3. The molecule has 1 N–H and O–H groups in total. The van der Waals surface area contributed by atoms with E-state index >= 15 is 0 Å². The van der Waals surface area contributed by atoms with Crippen LogP contribution >= 0.6 is 0 Å². The fourth-order valence-corrected chi connectivity index (χ4v) is 5.81. The number of anilines is 2. The lowest BCUT2D eigenvalue weighted by Crippen LogP contribution is -2.15. The molecule has 4 aromatic rings. The Morgan fingerprint density at radius 2 is 1.10 bits per heavy atom. The molecule has 0 aliphatic heterocycles. The lowest BCUT2D eigenvalue weighted by Gasteiger charge is -2.22. The number of fused-ring (bicyclic) bond motifs is 6. The Kier molecular flexibility index (Phi) is 3.63. The van der Waals surface area contributed by atoms with Crippen molar-refractivity contribution in [3.63, 3.8) is 0 Å². The number of hydrogen-bond donors (Lipinski definition) is 1. The Balaban J connectivity index is 1.48. The second-order valence-corrected chi connectivity index (χ2v) is 9.95. The summed E-state index contributed by atoms with van der Waals surface area (Å²) in [6, 6.07) is 31.2. The van der Waals surface area contributed by atoms with Gasteiger partial charge >= 0.3 is 0 Å². The lowest BCUT2D eigenvalue weighted by atomic mass is 9.82. The van der Waals surface area contributed by atoms with Gasteiger partial charge < -0.3 is 5.32 Å². The first-order valence-electron chi connectivity index (χ1n) is 11.1. The molecule has 0 aromatic heterocycles. The van der Waals surface area contributed by atoms with Crippen molar-refractivity contribution in [1.82, 2.24) is 0 Å². The van der Waals surface area contributed by atoms with E-state index in [-0.39, 0.29) is 10.8 Å². The van der Waals surface area contributed by atoms with Crippen molar-refractivity contribution in [2.75, 3.05) is 5.32 Å². The molecule has 1 nitrogen and oxygen atoms in total. The molecule has 152 valence electrons. The van der Waals surface area contributed by atoms with Gasteiger partial charge in [-0.05, 0) is 57.1 Å². The molecule has 0 fully saturated rings. The van der Waals surface area contributed by atoms with Gasteiger partial charge in [0.15, 0.2) is 0 Å². The minimum atomic E-state index is 0.0184. The van der Waals surface area contributed by atoms with Crippen molar-refractivity contribution in [2.45, 2.75) is 38.5 Å². The van der Waals surface area contributed by atoms with Gasteiger partial charge in [-0.2, -0.15) is 0 Å². The predicted molar refractivity (Wildman–Crippen MR) is 131 cm³/mol. The van der Waals surface area contributed by atoms with Crippen LogP contribution in [0.5, 0.6) is 0 Å². The van der Waals surface area contributed by atoms with E-state index in [0.717, 1.165) is 5.69 Å². The third-order valence-corrected chi connectivity index (χ3v) is 7.47. The van der Waals surface area contributed by atoms with Gasteiger partial charge in [-0.25, -0.2) is 0 Å². The highest BCUT2D eigenvalue weighted by atomic mass is 14.9. The Morgan fingerprint density at radius 3 is 1.87 bits per heavy atom. The molecule has 6 rings (SSSR count). The van der Waals surface area contributed by atoms with Crippen LogP contribution in [0.4, 0.5) is 11.4 Å². The molecule has 0 heterocycles. The second kappa shape index (κ2) is 6.11. The zero-order valence-electron chi connectivity index (χ0n) is 18.6. The minimum absolute atomic E-state index is 0.0184. The number of nitrogens with one attached hydrogen (secondary N) is 1. The van der Waals surface area contributed by atoms with Crippen LogP contribution in [0.15, 0.2) is 84.9 Å². The Labute approximate surface area is 184 Å². The summed E-state index contributed by atoms with van der Waals surface area (Å²) >= 11 is 0. The summed E-state index contributed by atoms with van der Waals surface area (Å²) in [6.07, 6.45) is 0. The zero-order valence-corrected chi connectivity index (χ0v) is 18.6. The van der Waals surface area contributed by atoms with Gasteiger partial charge in [-0.15, -0.1) is 0 Å². The highest BCUT2D eigenvalue weighted by Gasteiger charge is 2.37. The summed E-state index contributed by atoms with van der Waals surface area (Å²) < 4.78 is 0. The molecule has 2 aliphatic rings. The summed E-state index contributed by atoms with van der Waals surface area (Å²) in [7, 11) is 0. The van der Waals surface area contributed by atoms with Gasteiger partial charge in [0.2, 0.25) is 0 Å². The second-order valence-electron chi connectivity index (χ2n) is 9.95. The molecule has 1 heteroatoms. The molecule has 0 saturated heterocycles. The number of rotatable bonds is 2. The first kappa shape index (κ1) is 18.4. The van der Waals surface area contributed by atoms with Crippen molar-refractivity contribution < 1.29 is 0 Å². The molecule has 2 aliphatic carbocycles. The SMILES string of the molecule is CC1(C)c2ccccc2-c2cc(Nc3cccc4c3-c3ccccc3C4(C)C)ccc21. The summed E-state index contributed by atoms with van der Waals surface area (Å²) in [5, 5.41) is 3.77. The lowest BCUT2D eigenvalue weighted by molar-refractivity contribution is 0.660. The smallest absolute Gasteiger partial charge is 0.0467 e. The van der Waals surface area contributed by atoms with Crippen molar-refractivity contribution in [3.05, 3.63) is 107 Å². The van der Waals surface area contributed by atoms with Crippen molar-refractivity contribution in [1.29, 1.82) is 0 Å². The van der Waals surface area contributed by atoms with Crippen LogP contribution in [-0.2, 0) is 10.8 Å². The van der Waals surface area contributed by atoms with Crippen LogP contribution in [0.3, 0.4) is 0 Å². The maximum Gasteiger partial charge on any atom is 0.0467 e. The topological polar surface area (TPSA) is 12.0 Å². The predicted octanol–water partition coefficient (Wildman–Crippen LogP) is 8.04. The quantitative estimate of drug-likeness (QED) is 0.358. The molecule has 0 unspecified atom stereocenters. The summed E-state index contributed by atoms with van der Waals surface area (Å²) in [6.45, 7) is 9.31. The van der Waals surface area contributed by atoms with Crippen LogP contribution in [0.25, 0.3) is 22.3 Å². The molecule has 0 bridgehead atoms. The van der Waals surface area contributed by atoms with E-state index in [2.05, 4.69) is 118 Å². The Hall–Kier alpha value is -3.32. The third-order valence-electron chi connectivity index (χ3n) is 7.47. The van der Waals surface area contributed by atoms with E-state index in [1.807, 2.05) is 0 Å². The van der Waals surface area contributed by atoms with Crippen molar-refractivity contribution in [3.8, 4) is 22.3 Å². The van der Waals surface area contributed by atoms with E-state index in [1.165, 1.54) is 50.2 Å². The third kappa shape index (κ3) is 2.44. The molecule has 0 saturated carbocycles. The largest absolute Gasteiger partial charge is 0.355 e. The minimum Gasteiger partial charge on any atom is -0.355 e. The van der Waals surface area contributed by atoms with E-state index in [9.17, 15) is 0 Å². The first-order chi connectivity index (χ1) is 14.9. The summed E-state index contributed by atoms with van der Waals surface area (Å²) in [5.74, 6) is 0. The van der Waals surface area contributed by atoms with Gasteiger partial charge in [0.25, 0.3) is 0 Å². The fraction of sp³-hybridized carbons (Fsp3) is 0.200. The maximum absolute atomic E-state index is 3.77.